The van der Waals surface area contributed by atoms with Crippen molar-refractivity contribution < 1.29 is 23.1 Å². The van der Waals surface area contributed by atoms with E-state index in [2.05, 4.69) is 0 Å². The number of esters is 1. The second-order valence-electron chi connectivity index (χ2n) is 5.35. The lowest BCUT2D eigenvalue weighted by Gasteiger charge is -2.08. The fourth-order valence-corrected chi connectivity index (χ4v) is 2.06. The number of hydrogen-bond acceptors (Lipinski definition) is 6. The number of carbonyl (C=O) groups is 1. The molecule has 2 aromatic carbocycles. The van der Waals surface area contributed by atoms with Gasteiger partial charge in [-0.05, 0) is 43.3 Å². The molecule has 0 saturated carbocycles. The second kappa shape index (κ2) is 6.74. The van der Waals surface area contributed by atoms with Crippen LogP contribution in [-0.2, 0) is 4.79 Å². The van der Waals surface area contributed by atoms with Gasteiger partial charge in [0.2, 0.25) is 11.2 Å². The summed E-state index contributed by atoms with van der Waals surface area (Å²) in [6, 6.07) is 8.80. The zero-order chi connectivity index (χ0) is 18.0. The van der Waals surface area contributed by atoms with Crippen LogP contribution in [0.15, 0.2) is 57.9 Å². The van der Waals surface area contributed by atoms with Gasteiger partial charge in [0.05, 0.1) is 5.39 Å². The van der Waals surface area contributed by atoms with Crippen molar-refractivity contribution in [3.05, 3.63) is 64.8 Å². The van der Waals surface area contributed by atoms with Crippen LogP contribution in [0.4, 0.5) is 4.39 Å². The molecule has 3 aromatic rings. The van der Waals surface area contributed by atoms with Crippen LogP contribution < -0.4 is 20.6 Å². The van der Waals surface area contributed by atoms with Crippen LogP contribution in [0.5, 0.6) is 17.2 Å². The molecule has 1 heterocycles. The Labute approximate surface area is 141 Å². The van der Waals surface area contributed by atoms with Gasteiger partial charge in [0.1, 0.15) is 35.2 Å². The van der Waals surface area contributed by atoms with E-state index in [0.717, 1.165) is 6.26 Å². The predicted octanol–water partition coefficient (Wildman–Crippen LogP) is 2.98. The van der Waals surface area contributed by atoms with E-state index < -0.39 is 23.3 Å². The van der Waals surface area contributed by atoms with E-state index in [1.807, 2.05) is 0 Å². The Kier molecular flexibility index (Phi) is 4.49. The van der Waals surface area contributed by atoms with Crippen LogP contribution in [0.1, 0.15) is 6.92 Å². The van der Waals surface area contributed by atoms with Crippen molar-refractivity contribution in [2.75, 3.05) is 0 Å². The van der Waals surface area contributed by atoms with Crippen LogP contribution in [0.2, 0.25) is 0 Å². The minimum Gasteiger partial charge on any atom is -0.460 e. The average molecular weight is 343 g/mol. The molecule has 0 radical (unpaired) electrons. The molecule has 0 bridgehead atoms. The molecule has 1 unspecified atom stereocenters. The molecule has 0 aliphatic rings. The Hall–Kier alpha value is -3.19. The number of nitrogens with two attached hydrogens (primary N) is 1. The lowest BCUT2D eigenvalue weighted by Crippen LogP contribution is -2.30. The van der Waals surface area contributed by atoms with Crippen molar-refractivity contribution in [3.8, 4) is 17.2 Å². The summed E-state index contributed by atoms with van der Waals surface area (Å²) in [5.41, 5.74) is 5.26. The zero-order valence-corrected chi connectivity index (χ0v) is 13.2. The third-order valence-corrected chi connectivity index (χ3v) is 3.35. The molecule has 2 N–H and O–H groups in total. The van der Waals surface area contributed by atoms with Gasteiger partial charge in [-0.15, -0.1) is 0 Å². The molecule has 0 fully saturated rings. The van der Waals surface area contributed by atoms with Crippen LogP contribution in [0.3, 0.4) is 0 Å². The van der Waals surface area contributed by atoms with Crippen molar-refractivity contribution >= 4 is 16.9 Å². The summed E-state index contributed by atoms with van der Waals surface area (Å²) in [5, 5.41) is 0.250. The van der Waals surface area contributed by atoms with Gasteiger partial charge in [0, 0.05) is 6.07 Å². The Morgan fingerprint density at radius 1 is 1.16 bits per heavy atom. The number of carbonyl (C=O) groups excluding carboxylic acids is 1. The number of ether oxygens (including phenoxy) is 2. The van der Waals surface area contributed by atoms with Crippen LogP contribution in [0.25, 0.3) is 11.0 Å². The molecular formula is C18H14FNO5. The summed E-state index contributed by atoms with van der Waals surface area (Å²) in [6.45, 7) is 1.50. The Morgan fingerprint density at radius 3 is 2.52 bits per heavy atom. The highest BCUT2D eigenvalue weighted by Crippen LogP contribution is 2.24. The first kappa shape index (κ1) is 16.7. The lowest BCUT2D eigenvalue weighted by molar-refractivity contribution is -0.135. The Balaban J connectivity index is 1.91. The van der Waals surface area contributed by atoms with Crippen molar-refractivity contribution in [2.45, 2.75) is 13.0 Å². The van der Waals surface area contributed by atoms with Gasteiger partial charge in [-0.1, -0.05) is 0 Å². The minimum atomic E-state index is -0.769. The summed E-state index contributed by atoms with van der Waals surface area (Å²) in [4.78, 5) is 24.0. The molecule has 0 aliphatic heterocycles. The predicted molar refractivity (Wildman–Crippen MR) is 88.2 cm³/mol. The largest absolute Gasteiger partial charge is 0.460 e. The molecule has 128 valence electrons. The molecule has 0 amide bonds. The normalized spacial score (nSPS) is 12.0. The SMILES string of the molecule is CC(N)C(=O)Oc1ccc2c(=O)c(Oc3ccc(F)cc3)coc2c1. The average Bonchev–Trinajstić information content (AvgIpc) is 2.59. The molecule has 0 saturated heterocycles. The fraction of sp³-hybridized carbons (Fsp3) is 0.111. The minimum absolute atomic E-state index is 0.0422. The molecule has 3 rings (SSSR count). The lowest BCUT2D eigenvalue weighted by atomic mass is 10.2. The molecule has 25 heavy (non-hydrogen) atoms. The van der Waals surface area contributed by atoms with E-state index >= 15 is 0 Å². The maximum Gasteiger partial charge on any atom is 0.328 e. The van der Waals surface area contributed by atoms with Crippen molar-refractivity contribution in [1.82, 2.24) is 0 Å². The topological polar surface area (TPSA) is 91.8 Å². The quantitative estimate of drug-likeness (QED) is 0.578. The Bertz CT molecular complexity index is 979. The monoisotopic (exact) mass is 343 g/mol. The van der Waals surface area contributed by atoms with E-state index in [1.165, 1.54) is 49.4 Å². The highest BCUT2D eigenvalue weighted by molar-refractivity contribution is 5.82. The zero-order valence-electron chi connectivity index (χ0n) is 13.2. The Morgan fingerprint density at radius 2 is 1.84 bits per heavy atom. The summed E-state index contributed by atoms with van der Waals surface area (Å²) < 4.78 is 28.8. The molecule has 6 nitrogen and oxygen atoms in total. The standard InChI is InChI=1S/C18H14FNO5/c1-10(20)18(22)25-13-6-7-14-15(8-13)23-9-16(17(14)21)24-12-4-2-11(19)3-5-12/h2-10H,20H2,1H3. The summed E-state index contributed by atoms with van der Waals surface area (Å²) in [5.74, 6) is -0.537. The van der Waals surface area contributed by atoms with E-state index in [9.17, 15) is 14.0 Å². The van der Waals surface area contributed by atoms with E-state index in [-0.39, 0.29) is 22.5 Å². The van der Waals surface area contributed by atoms with E-state index in [0.29, 0.717) is 5.75 Å². The van der Waals surface area contributed by atoms with Gasteiger partial charge >= 0.3 is 5.97 Å². The molecule has 0 aliphatic carbocycles. The van der Waals surface area contributed by atoms with Gasteiger partial charge in [0.25, 0.3) is 0 Å². The highest BCUT2D eigenvalue weighted by Gasteiger charge is 2.13. The maximum absolute atomic E-state index is 12.9. The van der Waals surface area contributed by atoms with Gasteiger partial charge < -0.3 is 19.6 Å². The van der Waals surface area contributed by atoms with Gasteiger partial charge in [-0.3, -0.25) is 4.79 Å². The number of rotatable bonds is 4. The number of halogens is 1. The molecule has 1 atom stereocenters. The van der Waals surface area contributed by atoms with Gasteiger partial charge in [-0.2, -0.15) is 0 Å². The first-order chi connectivity index (χ1) is 11.9. The van der Waals surface area contributed by atoms with Crippen LogP contribution in [-0.4, -0.2) is 12.0 Å². The number of fused-ring (bicyclic) bond motifs is 1. The van der Waals surface area contributed by atoms with Crippen molar-refractivity contribution in [2.24, 2.45) is 5.73 Å². The third kappa shape index (κ3) is 3.67. The summed E-state index contributed by atoms with van der Waals surface area (Å²) >= 11 is 0. The first-order valence-electron chi connectivity index (χ1n) is 7.40. The first-order valence-corrected chi connectivity index (χ1v) is 7.40. The van der Waals surface area contributed by atoms with E-state index in [4.69, 9.17) is 19.6 Å². The number of benzene rings is 2. The fourth-order valence-electron chi connectivity index (χ4n) is 2.06. The van der Waals surface area contributed by atoms with E-state index in [1.54, 1.807) is 0 Å². The maximum atomic E-state index is 12.9. The van der Waals surface area contributed by atoms with Crippen molar-refractivity contribution in [1.29, 1.82) is 0 Å². The second-order valence-corrected chi connectivity index (χ2v) is 5.35. The van der Waals surface area contributed by atoms with Gasteiger partial charge in [0.15, 0.2) is 0 Å². The third-order valence-electron chi connectivity index (χ3n) is 3.35. The van der Waals surface area contributed by atoms with Crippen molar-refractivity contribution in [3.63, 3.8) is 0 Å². The van der Waals surface area contributed by atoms with Crippen LogP contribution >= 0.6 is 0 Å². The smallest absolute Gasteiger partial charge is 0.328 e. The molecule has 7 heteroatoms. The highest BCUT2D eigenvalue weighted by atomic mass is 19.1. The molecule has 0 spiro atoms. The summed E-state index contributed by atoms with van der Waals surface area (Å²) in [6.07, 6.45) is 1.14. The number of hydrogen-bond donors (Lipinski definition) is 1. The summed E-state index contributed by atoms with van der Waals surface area (Å²) in [7, 11) is 0. The molecular weight excluding hydrogens is 329 g/mol. The van der Waals surface area contributed by atoms with Crippen LogP contribution in [0, 0.1) is 5.82 Å². The molecule has 1 aromatic heterocycles. The van der Waals surface area contributed by atoms with Gasteiger partial charge in [-0.25, -0.2) is 9.18 Å².